The summed E-state index contributed by atoms with van der Waals surface area (Å²) < 4.78 is 99.9. The van der Waals surface area contributed by atoms with Crippen LogP contribution >= 0.6 is 23.2 Å². The average Bonchev–Trinajstić information content (AvgIpc) is 2.88. The van der Waals surface area contributed by atoms with Crippen LogP contribution in [0, 0.1) is 0 Å². The van der Waals surface area contributed by atoms with Gasteiger partial charge in [-0.25, -0.2) is 18.9 Å². The summed E-state index contributed by atoms with van der Waals surface area (Å²) in [6.07, 6.45) is -4.49. The standard InChI is InChI=1S/C11H6Cl2F6N4O2S/c12-5-1-4(10(14,15)16)2-6(13)8(5)23-9(22-20)7(3-21-23)26(24,25)11(17,18)19/h1-3,22H,20H2. The molecule has 0 radical (unpaired) electrons. The summed E-state index contributed by atoms with van der Waals surface area (Å²) in [6, 6.07) is 0.894. The van der Waals surface area contributed by atoms with E-state index in [0.717, 1.165) is 0 Å². The van der Waals surface area contributed by atoms with Crippen LogP contribution in [0.5, 0.6) is 0 Å². The van der Waals surface area contributed by atoms with Gasteiger partial charge in [-0.3, -0.25) is 0 Å². The Labute approximate surface area is 151 Å². The largest absolute Gasteiger partial charge is 0.502 e. The molecule has 0 saturated heterocycles. The molecule has 1 aromatic heterocycles. The quantitative estimate of drug-likeness (QED) is 0.428. The first-order valence-corrected chi connectivity index (χ1v) is 8.38. The Bertz CT molecular complexity index is 932. The van der Waals surface area contributed by atoms with Gasteiger partial charge >= 0.3 is 11.7 Å². The molecule has 0 aliphatic carbocycles. The van der Waals surface area contributed by atoms with E-state index in [1.165, 1.54) is 0 Å². The number of nitrogens with zero attached hydrogens (tertiary/aromatic N) is 2. The van der Waals surface area contributed by atoms with Gasteiger partial charge < -0.3 is 5.43 Å². The number of halogens is 8. The lowest BCUT2D eigenvalue weighted by atomic mass is 10.2. The van der Waals surface area contributed by atoms with Crippen LogP contribution in [-0.4, -0.2) is 23.7 Å². The van der Waals surface area contributed by atoms with E-state index in [4.69, 9.17) is 29.0 Å². The summed E-state index contributed by atoms with van der Waals surface area (Å²) in [7, 11) is -5.86. The van der Waals surface area contributed by atoms with Crippen molar-refractivity contribution >= 4 is 38.9 Å². The SMILES string of the molecule is NNc1c(S(=O)(=O)C(F)(F)F)cnn1-c1c(Cl)cc(C(F)(F)F)cc1Cl. The van der Waals surface area contributed by atoms with Crippen LogP contribution in [0.2, 0.25) is 10.0 Å². The minimum absolute atomic E-state index is 0.308. The number of hydrogen-bond acceptors (Lipinski definition) is 5. The van der Waals surface area contributed by atoms with Gasteiger partial charge in [0.2, 0.25) is 0 Å². The molecule has 0 fully saturated rings. The number of hydrogen-bond donors (Lipinski definition) is 2. The second kappa shape index (κ2) is 6.48. The summed E-state index contributed by atoms with van der Waals surface area (Å²) in [5, 5.41) is 2.09. The van der Waals surface area contributed by atoms with Gasteiger partial charge in [0.05, 0.1) is 21.8 Å². The summed E-state index contributed by atoms with van der Waals surface area (Å²) in [4.78, 5) is -1.36. The van der Waals surface area contributed by atoms with Crippen molar-refractivity contribution in [2.24, 2.45) is 5.84 Å². The Morgan fingerprint density at radius 3 is 1.96 bits per heavy atom. The van der Waals surface area contributed by atoms with E-state index in [1.54, 1.807) is 5.43 Å². The second-order valence-electron chi connectivity index (χ2n) is 4.65. The number of hydrazine groups is 1. The predicted octanol–water partition coefficient (Wildman–Crippen LogP) is 3.78. The third-order valence-corrected chi connectivity index (χ3v) is 5.09. The number of nitrogen functional groups attached to an aromatic ring is 1. The molecule has 144 valence electrons. The normalized spacial score (nSPS) is 13.1. The highest BCUT2D eigenvalue weighted by molar-refractivity contribution is 7.92. The smallest absolute Gasteiger partial charge is 0.307 e. The summed E-state index contributed by atoms with van der Waals surface area (Å²) in [5.41, 5.74) is -5.69. The van der Waals surface area contributed by atoms with E-state index in [2.05, 4.69) is 5.10 Å². The van der Waals surface area contributed by atoms with E-state index in [9.17, 15) is 34.8 Å². The average molecular weight is 443 g/mol. The molecule has 26 heavy (non-hydrogen) atoms. The minimum atomic E-state index is -5.86. The first-order chi connectivity index (χ1) is 11.7. The second-order valence-corrected chi connectivity index (χ2v) is 7.37. The van der Waals surface area contributed by atoms with Gasteiger partial charge in [-0.15, -0.1) is 0 Å². The van der Waals surface area contributed by atoms with Crippen molar-refractivity contribution in [2.75, 3.05) is 5.43 Å². The molecule has 2 rings (SSSR count). The maximum absolute atomic E-state index is 12.7. The van der Waals surface area contributed by atoms with Crippen molar-refractivity contribution in [3.8, 4) is 5.69 Å². The number of nitrogens with two attached hydrogens (primary N) is 1. The molecule has 0 aliphatic heterocycles. The minimum Gasteiger partial charge on any atom is -0.307 e. The lowest BCUT2D eigenvalue weighted by Gasteiger charge is -2.15. The molecule has 0 amide bonds. The van der Waals surface area contributed by atoms with Crippen molar-refractivity contribution in [1.82, 2.24) is 9.78 Å². The Morgan fingerprint density at radius 2 is 1.58 bits per heavy atom. The fraction of sp³-hybridized carbons (Fsp3) is 0.182. The van der Waals surface area contributed by atoms with E-state index in [0.29, 0.717) is 23.0 Å². The number of aromatic nitrogens is 2. The Hall–Kier alpha value is -1.70. The first-order valence-electron chi connectivity index (χ1n) is 6.14. The molecule has 1 aromatic carbocycles. The van der Waals surface area contributed by atoms with Crippen LogP contribution in [0.3, 0.4) is 0 Å². The lowest BCUT2D eigenvalue weighted by Crippen LogP contribution is -2.25. The third-order valence-electron chi connectivity index (χ3n) is 3.02. The van der Waals surface area contributed by atoms with Crippen molar-refractivity contribution in [3.63, 3.8) is 0 Å². The van der Waals surface area contributed by atoms with Crippen LogP contribution in [0.4, 0.5) is 32.2 Å². The van der Waals surface area contributed by atoms with Gasteiger partial charge in [-0.1, -0.05) is 23.2 Å². The van der Waals surface area contributed by atoms with Gasteiger partial charge in [0.1, 0.15) is 10.6 Å². The summed E-state index contributed by atoms with van der Waals surface area (Å²) in [5.74, 6) is 4.17. The molecule has 1 heterocycles. The van der Waals surface area contributed by atoms with Gasteiger partial charge in [-0.05, 0) is 12.1 Å². The lowest BCUT2D eigenvalue weighted by molar-refractivity contribution is -0.137. The number of alkyl halides is 6. The zero-order chi connectivity index (χ0) is 20.1. The van der Waals surface area contributed by atoms with E-state index in [-0.39, 0.29) is 0 Å². The van der Waals surface area contributed by atoms with Gasteiger partial charge in [0, 0.05) is 0 Å². The number of anilines is 1. The highest BCUT2D eigenvalue weighted by Gasteiger charge is 2.49. The topological polar surface area (TPSA) is 90.0 Å². The van der Waals surface area contributed by atoms with E-state index < -0.39 is 53.5 Å². The molecule has 2 aromatic rings. The zero-order valence-corrected chi connectivity index (χ0v) is 14.3. The molecule has 0 atom stereocenters. The molecule has 0 unspecified atom stereocenters. The molecule has 0 spiro atoms. The molecule has 0 saturated carbocycles. The van der Waals surface area contributed by atoms with Crippen molar-refractivity contribution in [3.05, 3.63) is 33.9 Å². The molecule has 6 nitrogen and oxygen atoms in total. The van der Waals surface area contributed by atoms with Crippen LogP contribution in [0.15, 0.2) is 23.2 Å². The maximum atomic E-state index is 12.7. The summed E-state index contributed by atoms with van der Waals surface area (Å²) >= 11 is 11.5. The highest BCUT2D eigenvalue weighted by atomic mass is 35.5. The third kappa shape index (κ3) is 3.43. The number of nitrogens with one attached hydrogen (secondary N) is 1. The molecule has 15 heteroatoms. The van der Waals surface area contributed by atoms with Gasteiger partial charge in [0.15, 0.2) is 5.82 Å². The zero-order valence-electron chi connectivity index (χ0n) is 12.0. The fourth-order valence-corrected chi connectivity index (χ4v) is 3.37. The Balaban J connectivity index is 2.73. The van der Waals surface area contributed by atoms with Crippen LogP contribution in [0.25, 0.3) is 5.69 Å². The van der Waals surface area contributed by atoms with Crippen molar-refractivity contribution < 1.29 is 34.8 Å². The Kier molecular flexibility index (Phi) is 5.13. The van der Waals surface area contributed by atoms with Gasteiger partial charge in [0.25, 0.3) is 9.84 Å². The van der Waals surface area contributed by atoms with Crippen molar-refractivity contribution in [1.29, 1.82) is 0 Å². The molecular formula is C11H6Cl2F6N4O2S. The van der Waals surface area contributed by atoms with E-state index >= 15 is 0 Å². The van der Waals surface area contributed by atoms with Crippen LogP contribution < -0.4 is 11.3 Å². The number of sulfone groups is 1. The highest BCUT2D eigenvalue weighted by Crippen LogP contribution is 2.40. The van der Waals surface area contributed by atoms with Crippen LogP contribution in [0.1, 0.15) is 5.56 Å². The number of rotatable bonds is 3. The Morgan fingerprint density at radius 1 is 1.08 bits per heavy atom. The maximum Gasteiger partial charge on any atom is 0.502 e. The van der Waals surface area contributed by atoms with Gasteiger partial charge in [-0.2, -0.15) is 31.4 Å². The van der Waals surface area contributed by atoms with Crippen LogP contribution in [-0.2, 0) is 16.0 Å². The van der Waals surface area contributed by atoms with E-state index in [1.807, 2.05) is 0 Å². The molecule has 0 bridgehead atoms. The number of benzene rings is 1. The molecule has 3 N–H and O–H groups in total. The monoisotopic (exact) mass is 442 g/mol. The predicted molar refractivity (Wildman–Crippen MR) is 79.6 cm³/mol. The molecule has 0 aliphatic rings. The molecular weight excluding hydrogens is 437 g/mol. The van der Waals surface area contributed by atoms with Crippen molar-refractivity contribution in [2.45, 2.75) is 16.6 Å². The fourth-order valence-electron chi connectivity index (χ4n) is 1.89. The summed E-state index contributed by atoms with van der Waals surface area (Å²) in [6.45, 7) is 0. The first kappa shape index (κ1) is 20.6.